The predicted molar refractivity (Wildman–Crippen MR) is 114 cm³/mol. The zero-order chi connectivity index (χ0) is 23.8. The lowest BCUT2D eigenvalue weighted by Crippen LogP contribution is -2.46. The number of carbonyl (C=O) groups is 3. The maximum absolute atomic E-state index is 12.4. The Kier molecular flexibility index (Phi) is 7.79. The molecule has 0 radical (unpaired) electrons. The van der Waals surface area contributed by atoms with Crippen molar-refractivity contribution in [3.8, 4) is 28.7 Å². The number of carbonyl (C=O) groups excluding carboxylic acids is 3. The molecule has 2 N–H and O–H groups in total. The maximum atomic E-state index is 12.4. The number of fused-ring (bicyclic) bond motifs is 1. The number of ether oxygens (including phenoxy) is 6. The van der Waals surface area contributed by atoms with Crippen molar-refractivity contribution in [2.24, 2.45) is 0 Å². The highest BCUT2D eigenvalue weighted by Crippen LogP contribution is 2.35. The van der Waals surface area contributed by atoms with Crippen LogP contribution >= 0.6 is 0 Å². The maximum Gasteiger partial charge on any atom is 0.342 e. The molecule has 3 amide bonds. The van der Waals surface area contributed by atoms with E-state index in [1.807, 2.05) is 12.1 Å². The number of hydrogen-bond donors (Lipinski definition) is 2. The lowest BCUT2D eigenvalue weighted by molar-refractivity contribution is -0.123. The number of hydrogen-bond acceptors (Lipinski definition) is 9. The highest BCUT2D eigenvalue weighted by Gasteiger charge is 2.22. The van der Waals surface area contributed by atoms with Gasteiger partial charge in [0.1, 0.15) is 17.9 Å². The van der Waals surface area contributed by atoms with E-state index < -0.39 is 30.6 Å². The molecule has 0 saturated carbocycles. The Morgan fingerprint density at radius 2 is 1.64 bits per heavy atom. The van der Waals surface area contributed by atoms with Gasteiger partial charge in [-0.1, -0.05) is 12.1 Å². The molecule has 2 aromatic rings. The Labute approximate surface area is 189 Å². The molecule has 2 aromatic carbocycles. The summed E-state index contributed by atoms with van der Waals surface area (Å²) in [5.41, 5.74) is 0.0298. The fourth-order valence-corrected chi connectivity index (χ4v) is 2.97. The van der Waals surface area contributed by atoms with Crippen LogP contribution in [0.4, 0.5) is 4.79 Å². The number of benzene rings is 2. The summed E-state index contributed by atoms with van der Waals surface area (Å²) in [6.07, 6.45) is -0.420. The highest BCUT2D eigenvalue weighted by atomic mass is 16.6. The van der Waals surface area contributed by atoms with Crippen LogP contribution in [0.15, 0.2) is 36.4 Å². The van der Waals surface area contributed by atoms with Crippen LogP contribution < -0.4 is 34.3 Å². The number of nitrogens with one attached hydrogen (secondary N) is 2. The molecule has 0 bridgehead atoms. The molecule has 11 nitrogen and oxygen atoms in total. The normalized spacial score (nSPS) is 14.0. The third-order valence-electron chi connectivity index (χ3n) is 4.57. The van der Waals surface area contributed by atoms with E-state index in [0.29, 0.717) is 17.2 Å². The molecule has 0 aromatic heterocycles. The van der Waals surface area contributed by atoms with Crippen LogP contribution in [0, 0.1) is 0 Å². The van der Waals surface area contributed by atoms with Crippen molar-refractivity contribution in [2.45, 2.75) is 6.10 Å². The number of esters is 1. The third kappa shape index (κ3) is 5.97. The first kappa shape index (κ1) is 23.5. The van der Waals surface area contributed by atoms with Crippen LogP contribution in [-0.2, 0) is 9.53 Å². The predicted octanol–water partition coefficient (Wildman–Crippen LogP) is 1.54. The smallest absolute Gasteiger partial charge is 0.342 e. The molecule has 1 atom stereocenters. The molecule has 176 valence electrons. The van der Waals surface area contributed by atoms with Crippen LogP contribution in [0.5, 0.6) is 28.7 Å². The van der Waals surface area contributed by atoms with Gasteiger partial charge >= 0.3 is 12.0 Å². The lowest BCUT2D eigenvalue weighted by Gasteiger charge is -2.26. The summed E-state index contributed by atoms with van der Waals surface area (Å²) in [6.45, 7) is -0.327. The van der Waals surface area contributed by atoms with Crippen molar-refractivity contribution in [2.75, 3.05) is 41.1 Å². The van der Waals surface area contributed by atoms with E-state index in [1.165, 1.54) is 33.5 Å². The summed E-state index contributed by atoms with van der Waals surface area (Å²) in [5.74, 6) is 0.362. The average molecular weight is 460 g/mol. The minimum Gasteiger partial charge on any atom is -0.496 e. The number of rotatable bonds is 8. The van der Waals surface area contributed by atoms with E-state index in [2.05, 4.69) is 10.6 Å². The van der Waals surface area contributed by atoms with E-state index in [-0.39, 0.29) is 30.2 Å². The molecule has 0 aliphatic carbocycles. The Hall–Kier alpha value is -4.15. The molecule has 0 saturated heterocycles. The van der Waals surface area contributed by atoms with Gasteiger partial charge in [0, 0.05) is 12.1 Å². The van der Waals surface area contributed by atoms with Crippen LogP contribution in [0.1, 0.15) is 10.4 Å². The van der Waals surface area contributed by atoms with Crippen molar-refractivity contribution in [1.29, 1.82) is 0 Å². The third-order valence-corrected chi connectivity index (χ3v) is 4.57. The standard InChI is InChI=1S/C22H24N2O9/c1-28-17-9-19(30-3)18(29-2)8-14(17)21(26)32-12-20(25)24-22(27)23-10-13-11-31-15-6-4-5-7-16(15)33-13/h4-9,13H,10-12H2,1-3H3,(H2,23,24,25,27). The Morgan fingerprint density at radius 3 is 2.33 bits per heavy atom. The zero-order valence-corrected chi connectivity index (χ0v) is 18.3. The summed E-state index contributed by atoms with van der Waals surface area (Å²) < 4.78 is 31.8. The average Bonchev–Trinajstić information content (AvgIpc) is 2.84. The SMILES string of the molecule is COc1cc(OC)c(C(=O)OCC(=O)NC(=O)NCC2COc3ccccc3O2)cc1OC. The summed E-state index contributed by atoms with van der Waals surface area (Å²) in [7, 11) is 4.22. The topological polar surface area (TPSA) is 131 Å². The Bertz CT molecular complexity index is 1020. The molecule has 3 rings (SSSR count). The van der Waals surface area contributed by atoms with Crippen molar-refractivity contribution < 1.29 is 42.8 Å². The van der Waals surface area contributed by atoms with Gasteiger partial charge in [-0.05, 0) is 12.1 Å². The van der Waals surface area contributed by atoms with Gasteiger partial charge in [0.25, 0.3) is 5.91 Å². The summed E-state index contributed by atoms with van der Waals surface area (Å²) >= 11 is 0. The molecule has 1 heterocycles. The Morgan fingerprint density at radius 1 is 0.970 bits per heavy atom. The van der Waals surface area contributed by atoms with E-state index in [0.717, 1.165) is 0 Å². The molecular weight excluding hydrogens is 436 g/mol. The summed E-state index contributed by atoms with van der Waals surface area (Å²) in [5, 5.41) is 4.59. The summed E-state index contributed by atoms with van der Waals surface area (Å²) in [6, 6.07) is 9.24. The second-order valence-electron chi connectivity index (χ2n) is 6.74. The van der Waals surface area contributed by atoms with Crippen molar-refractivity contribution in [3.05, 3.63) is 42.0 Å². The van der Waals surface area contributed by atoms with Crippen LogP contribution in [0.2, 0.25) is 0 Å². The van der Waals surface area contributed by atoms with Crippen molar-refractivity contribution in [3.63, 3.8) is 0 Å². The molecule has 11 heteroatoms. The van der Waals surface area contributed by atoms with E-state index >= 15 is 0 Å². The first-order valence-electron chi connectivity index (χ1n) is 9.88. The quantitative estimate of drug-likeness (QED) is 0.563. The molecular formula is C22H24N2O9. The Balaban J connectivity index is 1.46. The molecule has 0 fully saturated rings. The van der Waals surface area contributed by atoms with E-state index in [4.69, 9.17) is 28.4 Å². The van der Waals surface area contributed by atoms with Crippen LogP contribution in [0.3, 0.4) is 0 Å². The van der Waals surface area contributed by atoms with Gasteiger partial charge in [0.2, 0.25) is 0 Å². The van der Waals surface area contributed by atoms with Crippen molar-refractivity contribution in [1.82, 2.24) is 10.6 Å². The largest absolute Gasteiger partial charge is 0.496 e. The second kappa shape index (κ2) is 10.9. The van der Waals surface area contributed by atoms with Gasteiger partial charge in [-0.3, -0.25) is 10.1 Å². The van der Waals surface area contributed by atoms with Gasteiger partial charge in [0.05, 0.1) is 27.9 Å². The first-order valence-corrected chi connectivity index (χ1v) is 9.88. The van der Waals surface area contributed by atoms with E-state index in [1.54, 1.807) is 12.1 Å². The van der Waals surface area contributed by atoms with Gasteiger partial charge < -0.3 is 33.7 Å². The van der Waals surface area contributed by atoms with Gasteiger partial charge in [-0.15, -0.1) is 0 Å². The number of para-hydroxylation sites is 2. The first-order chi connectivity index (χ1) is 15.9. The zero-order valence-electron chi connectivity index (χ0n) is 18.3. The lowest BCUT2D eigenvalue weighted by atomic mass is 10.1. The monoisotopic (exact) mass is 460 g/mol. The highest BCUT2D eigenvalue weighted by molar-refractivity contribution is 5.98. The minimum absolute atomic E-state index is 0.0298. The minimum atomic E-state index is -0.838. The van der Waals surface area contributed by atoms with Crippen LogP contribution in [0.25, 0.3) is 0 Å². The van der Waals surface area contributed by atoms with Gasteiger partial charge in [-0.2, -0.15) is 0 Å². The van der Waals surface area contributed by atoms with Crippen LogP contribution in [-0.4, -0.2) is 65.1 Å². The molecule has 33 heavy (non-hydrogen) atoms. The number of methoxy groups -OCH3 is 3. The molecule has 1 aliphatic rings. The van der Waals surface area contributed by atoms with E-state index in [9.17, 15) is 14.4 Å². The molecule has 1 unspecified atom stereocenters. The second-order valence-corrected chi connectivity index (χ2v) is 6.74. The number of urea groups is 1. The number of imide groups is 1. The molecule has 0 spiro atoms. The summed E-state index contributed by atoms with van der Waals surface area (Å²) in [4.78, 5) is 36.4. The van der Waals surface area contributed by atoms with Gasteiger partial charge in [0.15, 0.2) is 35.7 Å². The fourth-order valence-electron chi connectivity index (χ4n) is 2.97. The number of amides is 3. The molecule has 1 aliphatic heterocycles. The van der Waals surface area contributed by atoms with Crippen molar-refractivity contribution >= 4 is 17.9 Å². The fraction of sp³-hybridized carbons (Fsp3) is 0.318. The van der Waals surface area contributed by atoms with Gasteiger partial charge in [-0.25, -0.2) is 9.59 Å².